The fourth-order valence-electron chi connectivity index (χ4n) is 2.33. The lowest BCUT2D eigenvalue weighted by atomic mass is 10.1. The third-order valence-electron chi connectivity index (χ3n) is 3.92. The lowest BCUT2D eigenvalue weighted by Gasteiger charge is -2.01. The Labute approximate surface area is 133 Å². The van der Waals surface area contributed by atoms with Gasteiger partial charge in [-0.1, -0.05) is 29.0 Å². The van der Waals surface area contributed by atoms with Crippen LogP contribution in [0.4, 0.5) is 0 Å². The highest BCUT2D eigenvalue weighted by Gasteiger charge is 2.08. The summed E-state index contributed by atoms with van der Waals surface area (Å²) in [7, 11) is 1.95. The van der Waals surface area contributed by atoms with E-state index in [2.05, 4.69) is 31.0 Å². The third-order valence-corrected chi connectivity index (χ3v) is 5.02. The summed E-state index contributed by atoms with van der Waals surface area (Å²) < 4.78 is 3.14. The maximum Gasteiger partial charge on any atom is 0.279 e. The number of fused-ring (bicyclic) bond motifs is 1. The van der Waals surface area contributed by atoms with E-state index in [0.29, 0.717) is 5.56 Å². The predicted octanol–water partition coefficient (Wildman–Crippen LogP) is 3.91. The van der Waals surface area contributed by atoms with Gasteiger partial charge in [-0.3, -0.25) is 4.79 Å². The molecule has 1 aromatic heterocycles. The van der Waals surface area contributed by atoms with E-state index in [4.69, 9.17) is 0 Å². The van der Waals surface area contributed by atoms with Crippen molar-refractivity contribution in [3.63, 3.8) is 0 Å². The van der Waals surface area contributed by atoms with E-state index in [1.165, 1.54) is 11.1 Å². The van der Waals surface area contributed by atoms with Gasteiger partial charge in [0.25, 0.3) is 5.91 Å². The molecule has 22 heavy (non-hydrogen) atoms. The first-order valence-electron chi connectivity index (χ1n) is 7.18. The summed E-state index contributed by atoms with van der Waals surface area (Å²) in [4.78, 5) is 17.3. The molecule has 3 aromatic rings. The molecule has 0 unspecified atom stereocenters. The Morgan fingerprint density at radius 3 is 2.36 bits per heavy atom. The van der Waals surface area contributed by atoms with Crippen LogP contribution in [-0.4, -0.2) is 10.5 Å². The highest BCUT2D eigenvalue weighted by molar-refractivity contribution is 7.16. The molecule has 1 amide bonds. The number of carbonyl (C=O) groups is 1. The summed E-state index contributed by atoms with van der Waals surface area (Å²) in [5.74, 6) is -0.199. The molecule has 3 nitrogen and oxygen atoms in total. The molecule has 0 aliphatic carbocycles. The molecule has 4 heteroatoms. The molecule has 0 aliphatic heterocycles. The summed E-state index contributed by atoms with van der Waals surface area (Å²) in [5.41, 5.74) is 5.37. The smallest absolute Gasteiger partial charge is 0.279 e. The van der Waals surface area contributed by atoms with Crippen molar-refractivity contribution >= 4 is 27.5 Å². The Hall–Kier alpha value is -2.20. The normalized spacial score (nSPS) is 12.1. The van der Waals surface area contributed by atoms with Gasteiger partial charge >= 0.3 is 0 Å². The van der Waals surface area contributed by atoms with Crippen LogP contribution in [0.2, 0.25) is 0 Å². The molecule has 2 aromatic carbocycles. The summed E-state index contributed by atoms with van der Waals surface area (Å²) in [6, 6.07) is 11.8. The third kappa shape index (κ3) is 2.62. The summed E-state index contributed by atoms with van der Waals surface area (Å²) in [5, 5.41) is 0. The van der Waals surface area contributed by atoms with Gasteiger partial charge < -0.3 is 4.57 Å². The van der Waals surface area contributed by atoms with Crippen molar-refractivity contribution in [1.82, 2.24) is 4.57 Å². The number of hydrogen-bond donors (Lipinski definition) is 0. The van der Waals surface area contributed by atoms with Crippen LogP contribution >= 0.6 is 11.3 Å². The second-order valence-electron chi connectivity index (χ2n) is 5.63. The highest BCUT2D eigenvalue weighted by Crippen LogP contribution is 2.21. The molecule has 0 radical (unpaired) electrons. The summed E-state index contributed by atoms with van der Waals surface area (Å²) in [6.07, 6.45) is 0. The standard InChI is InChI=1S/C18H18N2OS/c1-11-5-7-14(8-6-11)17(21)19-18-20(4)15-9-12(2)13(3)10-16(15)22-18/h5-10H,1-4H3. The second-order valence-corrected chi connectivity index (χ2v) is 6.64. The Balaban J connectivity index is 2.11. The molecular weight excluding hydrogens is 292 g/mol. The number of rotatable bonds is 1. The predicted molar refractivity (Wildman–Crippen MR) is 91.3 cm³/mol. The molecule has 0 fully saturated rings. The first-order chi connectivity index (χ1) is 10.5. The quantitative estimate of drug-likeness (QED) is 0.671. The van der Waals surface area contributed by atoms with Gasteiger partial charge in [-0.15, -0.1) is 0 Å². The van der Waals surface area contributed by atoms with E-state index >= 15 is 0 Å². The fourth-order valence-corrected chi connectivity index (χ4v) is 3.43. The van der Waals surface area contributed by atoms with E-state index in [1.807, 2.05) is 42.8 Å². The minimum absolute atomic E-state index is 0.199. The van der Waals surface area contributed by atoms with Crippen molar-refractivity contribution in [2.24, 2.45) is 12.0 Å². The number of amides is 1. The zero-order valence-electron chi connectivity index (χ0n) is 13.2. The van der Waals surface area contributed by atoms with E-state index in [1.54, 1.807) is 11.3 Å². The summed E-state index contributed by atoms with van der Waals surface area (Å²) >= 11 is 1.55. The van der Waals surface area contributed by atoms with Gasteiger partial charge in [-0.2, -0.15) is 4.99 Å². The molecule has 0 saturated carbocycles. The van der Waals surface area contributed by atoms with Crippen molar-refractivity contribution in [2.75, 3.05) is 0 Å². The fraction of sp³-hybridized carbons (Fsp3) is 0.222. The molecule has 0 saturated heterocycles. The molecule has 0 N–H and O–H groups in total. The minimum Gasteiger partial charge on any atom is -0.319 e. The van der Waals surface area contributed by atoms with Crippen LogP contribution in [-0.2, 0) is 7.05 Å². The topological polar surface area (TPSA) is 34.4 Å². The van der Waals surface area contributed by atoms with Gasteiger partial charge in [0.1, 0.15) is 0 Å². The van der Waals surface area contributed by atoms with Crippen LogP contribution in [0, 0.1) is 20.8 Å². The zero-order chi connectivity index (χ0) is 15.9. The molecular formula is C18H18N2OS. The average molecular weight is 310 g/mol. The molecule has 112 valence electrons. The molecule has 0 spiro atoms. The van der Waals surface area contributed by atoms with E-state index in [9.17, 15) is 4.79 Å². The van der Waals surface area contributed by atoms with Gasteiger partial charge in [0.15, 0.2) is 4.80 Å². The lowest BCUT2D eigenvalue weighted by molar-refractivity contribution is 0.0998. The molecule has 0 atom stereocenters. The molecule has 3 rings (SSSR count). The first kappa shape index (κ1) is 14.7. The number of benzene rings is 2. The Kier molecular flexibility index (Phi) is 3.71. The molecule has 0 bridgehead atoms. The second kappa shape index (κ2) is 5.54. The van der Waals surface area contributed by atoms with Crippen molar-refractivity contribution in [1.29, 1.82) is 0 Å². The van der Waals surface area contributed by atoms with Crippen LogP contribution in [0.3, 0.4) is 0 Å². The molecule has 1 heterocycles. The SMILES string of the molecule is Cc1ccc(C(=O)N=c2sc3cc(C)c(C)cc3n2C)cc1. The number of aromatic nitrogens is 1. The van der Waals surface area contributed by atoms with E-state index < -0.39 is 0 Å². The Morgan fingerprint density at radius 1 is 1.05 bits per heavy atom. The number of thiazole rings is 1. The Bertz CT molecular complexity index is 930. The lowest BCUT2D eigenvalue weighted by Crippen LogP contribution is -2.13. The first-order valence-corrected chi connectivity index (χ1v) is 8.00. The van der Waals surface area contributed by atoms with Crippen LogP contribution < -0.4 is 4.80 Å². The van der Waals surface area contributed by atoms with Crippen molar-refractivity contribution in [3.8, 4) is 0 Å². The van der Waals surface area contributed by atoms with Gasteiger partial charge in [0.05, 0.1) is 10.2 Å². The monoisotopic (exact) mass is 310 g/mol. The molecule has 0 aliphatic rings. The highest BCUT2D eigenvalue weighted by atomic mass is 32.1. The largest absolute Gasteiger partial charge is 0.319 e. The summed E-state index contributed by atoms with van der Waals surface area (Å²) in [6.45, 7) is 6.20. The number of hydrogen-bond acceptors (Lipinski definition) is 2. The number of aryl methyl sites for hydroxylation is 4. The van der Waals surface area contributed by atoms with Gasteiger partial charge in [-0.25, -0.2) is 0 Å². The van der Waals surface area contributed by atoms with Gasteiger partial charge in [0, 0.05) is 12.6 Å². The minimum atomic E-state index is -0.199. The van der Waals surface area contributed by atoms with Gasteiger partial charge in [0.2, 0.25) is 0 Å². The number of carbonyl (C=O) groups excluding carboxylic acids is 1. The van der Waals surface area contributed by atoms with E-state index in [-0.39, 0.29) is 5.91 Å². The van der Waals surface area contributed by atoms with Crippen molar-refractivity contribution in [2.45, 2.75) is 20.8 Å². The van der Waals surface area contributed by atoms with Crippen molar-refractivity contribution in [3.05, 3.63) is 63.5 Å². The Morgan fingerprint density at radius 2 is 1.68 bits per heavy atom. The van der Waals surface area contributed by atoms with E-state index in [0.717, 1.165) is 20.6 Å². The van der Waals surface area contributed by atoms with Crippen LogP contribution in [0.25, 0.3) is 10.2 Å². The maximum atomic E-state index is 12.3. The van der Waals surface area contributed by atoms with Crippen molar-refractivity contribution < 1.29 is 4.79 Å². The van der Waals surface area contributed by atoms with Crippen LogP contribution in [0.1, 0.15) is 27.0 Å². The van der Waals surface area contributed by atoms with Crippen LogP contribution in [0.15, 0.2) is 41.4 Å². The van der Waals surface area contributed by atoms with Gasteiger partial charge in [-0.05, 0) is 56.2 Å². The van der Waals surface area contributed by atoms with Crippen LogP contribution in [0.5, 0.6) is 0 Å². The average Bonchev–Trinajstić information content (AvgIpc) is 2.77. The maximum absolute atomic E-state index is 12.3. The number of nitrogens with zero attached hydrogens (tertiary/aromatic N) is 2. The zero-order valence-corrected chi connectivity index (χ0v) is 14.0.